The van der Waals surface area contributed by atoms with Crippen LogP contribution in [0.5, 0.6) is 0 Å². The molecule has 1 N–H and O–H groups in total. The van der Waals surface area contributed by atoms with E-state index in [4.69, 9.17) is 5.11 Å². The Kier molecular flexibility index (Phi) is 25.6. The fourth-order valence-corrected chi connectivity index (χ4v) is 2.32. The second-order valence-corrected chi connectivity index (χ2v) is 6.28. The molecule has 0 radical (unpaired) electrons. The third-order valence-electron chi connectivity index (χ3n) is 2.75. The van der Waals surface area contributed by atoms with Gasteiger partial charge in [-0.1, -0.05) is 64.7 Å². The zero-order chi connectivity index (χ0) is 15.0. The first-order valence-corrected chi connectivity index (χ1v) is 9.10. The van der Waals surface area contributed by atoms with Crippen molar-refractivity contribution in [3.8, 4) is 0 Å². The minimum atomic E-state index is -3.98. The molecule has 0 spiro atoms. The number of hydrogen-bond donors (Lipinski definition) is 1. The quantitative estimate of drug-likeness (QED) is 0.341. The molecule has 4 nitrogen and oxygen atoms in total. The normalized spacial score (nSPS) is 10.4. The first kappa shape index (κ1) is 25.8. The van der Waals surface area contributed by atoms with Crippen LogP contribution in [-0.4, -0.2) is 30.4 Å². The van der Waals surface area contributed by atoms with Gasteiger partial charge in [0.2, 0.25) is 0 Å². The molecule has 0 bridgehead atoms. The van der Waals surface area contributed by atoms with E-state index in [1.165, 1.54) is 44.9 Å². The van der Waals surface area contributed by atoms with E-state index >= 15 is 0 Å². The Morgan fingerprint density at radius 2 is 1.10 bits per heavy atom. The summed E-state index contributed by atoms with van der Waals surface area (Å²) in [5.74, 6) is -0.191. The van der Waals surface area contributed by atoms with Crippen LogP contribution in [0.25, 0.3) is 0 Å². The Bertz CT molecular complexity index is 256. The molecule has 0 saturated carbocycles. The molecule has 0 aromatic heterocycles. The van der Waals surface area contributed by atoms with E-state index in [0.29, 0.717) is 6.42 Å². The third kappa shape index (κ3) is 31.3. The summed E-state index contributed by atoms with van der Waals surface area (Å²) in [7, 11) is -3.98. The van der Waals surface area contributed by atoms with Gasteiger partial charge < -0.3 is 9.66 Å². The molecular formula is C14H31NaO4S. The molecule has 0 aliphatic heterocycles. The number of hydrogen-bond acceptors (Lipinski definition) is 4. The van der Waals surface area contributed by atoms with Crippen LogP contribution in [0.1, 0.15) is 78.1 Å². The Balaban J connectivity index is -0.000000657. The van der Waals surface area contributed by atoms with Crippen LogP contribution in [0.15, 0.2) is 0 Å². The van der Waals surface area contributed by atoms with Crippen molar-refractivity contribution in [1.82, 2.24) is 0 Å². The van der Waals surface area contributed by atoms with Crippen molar-refractivity contribution in [1.29, 1.82) is 0 Å². The predicted molar refractivity (Wildman–Crippen MR) is 79.2 cm³/mol. The third-order valence-corrected chi connectivity index (χ3v) is 3.54. The Morgan fingerprint density at radius 1 is 0.800 bits per heavy atom. The average molecular weight is 318 g/mol. The number of aliphatic hydroxyl groups is 1. The summed E-state index contributed by atoms with van der Waals surface area (Å²) in [5.41, 5.74) is 0. The SMILES string of the molecule is CCCCCCCCCCCCS(=O)(=O)[O-].CCO.[Na+]. The van der Waals surface area contributed by atoms with Crippen molar-refractivity contribution in [2.24, 2.45) is 0 Å². The minimum Gasteiger partial charge on any atom is -0.748 e. The van der Waals surface area contributed by atoms with Gasteiger partial charge >= 0.3 is 29.6 Å². The Hall–Kier alpha value is 0.870. The van der Waals surface area contributed by atoms with Gasteiger partial charge in [0, 0.05) is 12.4 Å². The van der Waals surface area contributed by atoms with Gasteiger partial charge in [0.25, 0.3) is 0 Å². The van der Waals surface area contributed by atoms with Gasteiger partial charge in [-0.2, -0.15) is 0 Å². The van der Waals surface area contributed by atoms with Gasteiger partial charge in [-0.15, -0.1) is 0 Å². The first-order valence-electron chi connectivity index (χ1n) is 7.52. The summed E-state index contributed by atoms with van der Waals surface area (Å²) in [6.07, 6.45) is 11.4. The number of aliphatic hydroxyl groups excluding tert-OH is 1. The summed E-state index contributed by atoms with van der Waals surface area (Å²) in [6, 6.07) is 0. The van der Waals surface area contributed by atoms with E-state index in [1.54, 1.807) is 6.92 Å². The van der Waals surface area contributed by atoms with E-state index < -0.39 is 10.1 Å². The van der Waals surface area contributed by atoms with Crippen molar-refractivity contribution < 1.29 is 47.6 Å². The summed E-state index contributed by atoms with van der Waals surface area (Å²) in [6.45, 7) is 4.14. The van der Waals surface area contributed by atoms with Gasteiger partial charge in [0.15, 0.2) is 0 Å². The van der Waals surface area contributed by atoms with Crippen LogP contribution in [0.3, 0.4) is 0 Å². The smallest absolute Gasteiger partial charge is 0.748 e. The molecule has 20 heavy (non-hydrogen) atoms. The molecule has 0 heterocycles. The van der Waals surface area contributed by atoms with Crippen LogP contribution in [0, 0.1) is 0 Å². The molecule has 118 valence electrons. The van der Waals surface area contributed by atoms with E-state index in [2.05, 4.69) is 6.92 Å². The number of rotatable bonds is 11. The number of unbranched alkanes of at least 4 members (excludes halogenated alkanes) is 9. The van der Waals surface area contributed by atoms with Crippen molar-refractivity contribution in [2.75, 3.05) is 12.4 Å². The zero-order valence-electron chi connectivity index (χ0n) is 13.6. The largest absolute Gasteiger partial charge is 1.00 e. The van der Waals surface area contributed by atoms with Crippen molar-refractivity contribution >= 4 is 10.1 Å². The Labute approximate surface area is 147 Å². The molecule has 0 unspecified atom stereocenters. The molecule has 0 aliphatic rings. The maximum Gasteiger partial charge on any atom is 1.00 e. The topological polar surface area (TPSA) is 77.4 Å². The van der Waals surface area contributed by atoms with Crippen LogP contribution < -0.4 is 29.6 Å². The molecule has 0 aromatic rings. The monoisotopic (exact) mass is 318 g/mol. The fourth-order valence-electron chi connectivity index (χ4n) is 1.77. The summed E-state index contributed by atoms with van der Waals surface area (Å²) in [5, 5.41) is 7.57. The van der Waals surface area contributed by atoms with E-state index in [9.17, 15) is 13.0 Å². The standard InChI is InChI=1S/C12H26O3S.C2H6O.Na/c1-2-3-4-5-6-7-8-9-10-11-12-16(13,14)15;1-2-3;/h2-12H2,1H3,(H,13,14,15);3H,2H2,1H3;/q;;+1/p-1. The van der Waals surface area contributed by atoms with E-state index in [-0.39, 0.29) is 41.9 Å². The van der Waals surface area contributed by atoms with Crippen LogP contribution in [0.2, 0.25) is 0 Å². The summed E-state index contributed by atoms with van der Waals surface area (Å²) < 4.78 is 30.9. The minimum absolute atomic E-state index is 0. The molecule has 0 amide bonds. The van der Waals surface area contributed by atoms with Gasteiger partial charge in [-0.05, 0) is 13.3 Å². The zero-order valence-corrected chi connectivity index (χ0v) is 16.4. The fraction of sp³-hybridized carbons (Fsp3) is 1.00. The van der Waals surface area contributed by atoms with Crippen molar-refractivity contribution in [3.05, 3.63) is 0 Å². The van der Waals surface area contributed by atoms with Gasteiger partial charge in [0.1, 0.15) is 0 Å². The Morgan fingerprint density at radius 3 is 1.40 bits per heavy atom. The van der Waals surface area contributed by atoms with Crippen molar-refractivity contribution in [2.45, 2.75) is 78.1 Å². The molecule has 6 heteroatoms. The average Bonchev–Trinajstić information content (AvgIpc) is 2.31. The van der Waals surface area contributed by atoms with Gasteiger partial charge in [-0.3, -0.25) is 0 Å². The van der Waals surface area contributed by atoms with E-state index in [1.807, 2.05) is 0 Å². The molecule has 0 atom stereocenters. The molecule has 0 aromatic carbocycles. The maximum absolute atomic E-state index is 10.3. The second-order valence-electron chi connectivity index (χ2n) is 4.76. The first-order chi connectivity index (χ1) is 8.97. The predicted octanol–water partition coefficient (Wildman–Crippen LogP) is 0.455. The molecule has 0 aliphatic carbocycles. The van der Waals surface area contributed by atoms with Crippen LogP contribution in [-0.2, 0) is 10.1 Å². The van der Waals surface area contributed by atoms with Gasteiger partial charge in [-0.25, -0.2) is 8.42 Å². The van der Waals surface area contributed by atoms with Crippen LogP contribution in [0.4, 0.5) is 0 Å². The molecule has 0 fully saturated rings. The van der Waals surface area contributed by atoms with Crippen molar-refractivity contribution in [3.63, 3.8) is 0 Å². The second kappa shape index (κ2) is 19.9. The molecule has 0 saturated heterocycles. The van der Waals surface area contributed by atoms with Gasteiger partial charge in [0.05, 0.1) is 10.1 Å². The van der Waals surface area contributed by atoms with Crippen LogP contribution >= 0.6 is 0 Å². The summed E-state index contributed by atoms with van der Waals surface area (Å²) in [4.78, 5) is 0. The summed E-state index contributed by atoms with van der Waals surface area (Å²) >= 11 is 0. The van der Waals surface area contributed by atoms with E-state index in [0.717, 1.165) is 12.8 Å². The maximum atomic E-state index is 10.3. The molecular weight excluding hydrogens is 287 g/mol. The molecule has 0 rings (SSSR count).